The van der Waals surface area contributed by atoms with Gasteiger partial charge in [0.25, 0.3) is 0 Å². The second-order valence-corrected chi connectivity index (χ2v) is 4.46. The fourth-order valence-electron chi connectivity index (χ4n) is 2.39. The van der Waals surface area contributed by atoms with Gasteiger partial charge in [-0.1, -0.05) is 6.07 Å². The summed E-state index contributed by atoms with van der Waals surface area (Å²) in [5, 5.41) is 11.9. The van der Waals surface area contributed by atoms with Crippen LogP contribution < -0.4 is 5.32 Å². The van der Waals surface area contributed by atoms with Gasteiger partial charge in [-0.15, -0.1) is 10.2 Å². The first-order valence-corrected chi connectivity index (χ1v) is 5.93. The van der Waals surface area contributed by atoms with Gasteiger partial charge in [0.15, 0.2) is 5.65 Å². The Hall–Kier alpha value is -1.42. The summed E-state index contributed by atoms with van der Waals surface area (Å²) in [6.45, 7) is 2.28. The minimum absolute atomic E-state index is 0.710. The zero-order chi connectivity index (χ0) is 10.8. The van der Waals surface area contributed by atoms with Gasteiger partial charge >= 0.3 is 0 Å². The smallest absolute Gasteiger partial charge is 0.160 e. The molecule has 0 spiro atoms. The van der Waals surface area contributed by atoms with Gasteiger partial charge in [-0.25, -0.2) is 0 Å². The summed E-state index contributed by atoms with van der Waals surface area (Å²) < 4.78 is 2.09. The lowest BCUT2D eigenvalue weighted by molar-refractivity contribution is 0.370. The number of nitrogens with one attached hydrogen (secondary N) is 1. The predicted octanol–water partition coefficient (Wildman–Crippen LogP) is 1.27. The van der Waals surface area contributed by atoms with E-state index in [1.807, 2.05) is 24.4 Å². The van der Waals surface area contributed by atoms with Crippen LogP contribution in [0.2, 0.25) is 0 Å². The number of hydrogen-bond donors (Lipinski definition) is 1. The molecule has 1 fully saturated rings. The van der Waals surface area contributed by atoms with Crippen molar-refractivity contribution in [2.45, 2.75) is 19.3 Å². The first kappa shape index (κ1) is 9.78. The second kappa shape index (κ2) is 4.22. The highest BCUT2D eigenvalue weighted by atomic mass is 15.2. The van der Waals surface area contributed by atoms with Crippen LogP contribution in [0.3, 0.4) is 0 Å². The van der Waals surface area contributed by atoms with Gasteiger partial charge in [0.05, 0.1) is 0 Å². The van der Waals surface area contributed by atoms with Gasteiger partial charge in [0.1, 0.15) is 5.82 Å². The van der Waals surface area contributed by atoms with Crippen LogP contribution in [-0.4, -0.2) is 27.7 Å². The Morgan fingerprint density at radius 3 is 3.25 bits per heavy atom. The van der Waals surface area contributed by atoms with Gasteiger partial charge in [-0.2, -0.15) is 0 Å². The zero-order valence-corrected chi connectivity index (χ0v) is 9.26. The van der Waals surface area contributed by atoms with E-state index in [0.717, 1.165) is 31.0 Å². The maximum absolute atomic E-state index is 4.27. The molecule has 0 radical (unpaired) electrons. The van der Waals surface area contributed by atoms with Gasteiger partial charge in [0.2, 0.25) is 0 Å². The molecule has 0 aromatic carbocycles. The Kier molecular flexibility index (Phi) is 2.58. The SMILES string of the molecule is c1ccn2c(CC3CCCNC3)nnc2c1. The number of nitrogens with zero attached hydrogens (tertiary/aromatic N) is 3. The summed E-state index contributed by atoms with van der Waals surface area (Å²) >= 11 is 0. The van der Waals surface area contributed by atoms with E-state index >= 15 is 0 Å². The largest absolute Gasteiger partial charge is 0.316 e. The third-order valence-electron chi connectivity index (χ3n) is 3.25. The minimum atomic E-state index is 0.710. The molecular weight excluding hydrogens is 200 g/mol. The van der Waals surface area contributed by atoms with E-state index in [2.05, 4.69) is 19.9 Å². The average molecular weight is 216 g/mol. The highest BCUT2D eigenvalue weighted by Gasteiger charge is 2.16. The van der Waals surface area contributed by atoms with Crippen molar-refractivity contribution in [3.8, 4) is 0 Å². The lowest BCUT2D eigenvalue weighted by Crippen LogP contribution is -2.31. The van der Waals surface area contributed by atoms with Crippen molar-refractivity contribution in [3.05, 3.63) is 30.2 Å². The molecule has 0 bridgehead atoms. The Morgan fingerprint density at radius 2 is 2.38 bits per heavy atom. The van der Waals surface area contributed by atoms with Crippen molar-refractivity contribution in [1.82, 2.24) is 19.9 Å². The Morgan fingerprint density at radius 1 is 1.38 bits per heavy atom. The summed E-state index contributed by atoms with van der Waals surface area (Å²) in [7, 11) is 0. The quantitative estimate of drug-likeness (QED) is 0.822. The van der Waals surface area contributed by atoms with Crippen molar-refractivity contribution >= 4 is 5.65 Å². The molecule has 0 aliphatic carbocycles. The van der Waals surface area contributed by atoms with E-state index in [1.165, 1.54) is 12.8 Å². The van der Waals surface area contributed by atoms with Gasteiger partial charge in [0, 0.05) is 12.6 Å². The summed E-state index contributed by atoms with van der Waals surface area (Å²) in [6.07, 6.45) is 5.65. The lowest BCUT2D eigenvalue weighted by atomic mass is 9.96. The molecule has 2 aromatic heterocycles. The van der Waals surface area contributed by atoms with Crippen molar-refractivity contribution in [2.75, 3.05) is 13.1 Å². The number of hydrogen-bond acceptors (Lipinski definition) is 3. The van der Waals surface area contributed by atoms with E-state index in [-0.39, 0.29) is 0 Å². The van der Waals surface area contributed by atoms with Crippen LogP contribution >= 0.6 is 0 Å². The molecule has 1 aliphatic rings. The first-order chi connectivity index (χ1) is 7.93. The Labute approximate surface area is 94.7 Å². The summed E-state index contributed by atoms with van der Waals surface area (Å²) in [4.78, 5) is 0. The third kappa shape index (κ3) is 1.80. The standard InChI is InChI=1S/C12H16N4/c1-2-7-16-11(5-1)14-15-12(16)8-10-4-3-6-13-9-10/h1-2,5,7,10,13H,3-4,6,8-9H2. The normalized spacial score (nSPS) is 21.4. The van der Waals surface area contributed by atoms with Crippen molar-refractivity contribution < 1.29 is 0 Å². The number of pyridine rings is 1. The molecule has 1 atom stereocenters. The zero-order valence-electron chi connectivity index (χ0n) is 9.26. The highest BCUT2D eigenvalue weighted by molar-refractivity contribution is 5.37. The van der Waals surface area contributed by atoms with Crippen LogP contribution in [0.15, 0.2) is 24.4 Å². The molecular formula is C12H16N4. The van der Waals surface area contributed by atoms with Crippen LogP contribution in [0.1, 0.15) is 18.7 Å². The summed E-state index contributed by atoms with van der Waals surface area (Å²) in [6, 6.07) is 6.02. The molecule has 4 heteroatoms. The molecule has 1 N–H and O–H groups in total. The third-order valence-corrected chi connectivity index (χ3v) is 3.25. The number of rotatable bonds is 2. The molecule has 1 saturated heterocycles. The van der Waals surface area contributed by atoms with Crippen molar-refractivity contribution in [3.63, 3.8) is 0 Å². The van der Waals surface area contributed by atoms with Crippen LogP contribution in [0, 0.1) is 5.92 Å². The van der Waals surface area contributed by atoms with E-state index < -0.39 is 0 Å². The summed E-state index contributed by atoms with van der Waals surface area (Å²) in [5.74, 6) is 1.80. The van der Waals surface area contributed by atoms with E-state index in [4.69, 9.17) is 0 Å². The van der Waals surface area contributed by atoms with E-state index in [9.17, 15) is 0 Å². The average Bonchev–Trinajstić information content (AvgIpc) is 2.74. The lowest BCUT2D eigenvalue weighted by Gasteiger charge is -2.21. The summed E-state index contributed by atoms with van der Waals surface area (Å²) in [5.41, 5.74) is 0.946. The van der Waals surface area contributed by atoms with Crippen molar-refractivity contribution in [1.29, 1.82) is 0 Å². The number of aromatic nitrogens is 3. The first-order valence-electron chi connectivity index (χ1n) is 5.93. The maximum atomic E-state index is 4.27. The van der Waals surface area contributed by atoms with Crippen molar-refractivity contribution in [2.24, 2.45) is 5.92 Å². The van der Waals surface area contributed by atoms with E-state index in [0.29, 0.717) is 5.92 Å². The monoisotopic (exact) mass is 216 g/mol. The van der Waals surface area contributed by atoms with Gasteiger partial charge in [-0.3, -0.25) is 4.40 Å². The van der Waals surface area contributed by atoms with E-state index in [1.54, 1.807) is 0 Å². The fraction of sp³-hybridized carbons (Fsp3) is 0.500. The molecule has 0 saturated carbocycles. The molecule has 1 aliphatic heterocycles. The van der Waals surface area contributed by atoms with Crippen LogP contribution in [-0.2, 0) is 6.42 Å². The molecule has 2 aromatic rings. The molecule has 1 unspecified atom stereocenters. The molecule has 3 rings (SSSR count). The second-order valence-electron chi connectivity index (χ2n) is 4.46. The fourth-order valence-corrected chi connectivity index (χ4v) is 2.39. The minimum Gasteiger partial charge on any atom is -0.316 e. The van der Waals surface area contributed by atoms with Crippen LogP contribution in [0.5, 0.6) is 0 Å². The predicted molar refractivity (Wildman–Crippen MR) is 62.3 cm³/mol. The molecule has 4 nitrogen and oxygen atoms in total. The van der Waals surface area contributed by atoms with Gasteiger partial charge < -0.3 is 5.32 Å². The number of fused-ring (bicyclic) bond motifs is 1. The van der Waals surface area contributed by atoms with Crippen LogP contribution in [0.25, 0.3) is 5.65 Å². The highest BCUT2D eigenvalue weighted by Crippen LogP contribution is 2.15. The molecule has 3 heterocycles. The maximum Gasteiger partial charge on any atom is 0.160 e. The Bertz CT molecular complexity index is 471. The molecule has 16 heavy (non-hydrogen) atoms. The van der Waals surface area contributed by atoms with Gasteiger partial charge in [-0.05, 0) is 44.0 Å². The number of piperidine rings is 1. The van der Waals surface area contributed by atoms with Crippen LogP contribution in [0.4, 0.5) is 0 Å². The topological polar surface area (TPSA) is 42.2 Å². The Balaban J connectivity index is 1.83. The molecule has 84 valence electrons. The molecule has 0 amide bonds.